The third-order valence-electron chi connectivity index (χ3n) is 9.69. The summed E-state index contributed by atoms with van der Waals surface area (Å²) in [7, 11) is 0. The molecular weight excluding hydrogens is 555 g/mol. The maximum atomic E-state index is 2.40. The van der Waals surface area contributed by atoms with Crippen LogP contribution in [0, 0.1) is 0 Å². The van der Waals surface area contributed by atoms with Crippen LogP contribution < -0.4 is 0 Å². The molecule has 0 aliphatic heterocycles. The van der Waals surface area contributed by atoms with Gasteiger partial charge in [0.05, 0.1) is 0 Å². The fourth-order valence-electron chi connectivity index (χ4n) is 7.34. The van der Waals surface area contributed by atoms with E-state index in [1.807, 2.05) is 0 Å². The topological polar surface area (TPSA) is 4.93 Å². The van der Waals surface area contributed by atoms with Gasteiger partial charge in [0.1, 0.15) is 0 Å². The van der Waals surface area contributed by atoms with Gasteiger partial charge in [-0.1, -0.05) is 140 Å². The molecule has 1 atom stereocenters. The molecule has 1 unspecified atom stereocenters. The molecule has 6 aromatic carbocycles. The average molecular weight is 592 g/mol. The van der Waals surface area contributed by atoms with Crippen LogP contribution in [0.3, 0.4) is 0 Å². The second-order valence-corrected chi connectivity index (χ2v) is 12.3. The molecule has 1 heteroatoms. The summed E-state index contributed by atoms with van der Waals surface area (Å²) < 4.78 is 2.40. The third-order valence-corrected chi connectivity index (χ3v) is 9.69. The van der Waals surface area contributed by atoms with Crippen LogP contribution >= 0.6 is 0 Å². The lowest BCUT2D eigenvalue weighted by Gasteiger charge is -2.10. The van der Waals surface area contributed by atoms with E-state index in [9.17, 15) is 0 Å². The lowest BCUT2D eigenvalue weighted by Crippen LogP contribution is -1.93. The van der Waals surface area contributed by atoms with Gasteiger partial charge in [-0.25, -0.2) is 0 Å². The highest BCUT2D eigenvalue weighted by atomic mass is 15.0. The lowest BCUT2D eigenvalue weighted by molar-refractivity contribution is 0.797. The van der Waals surface area contributed by atoms with Gasteiger partial charge in [0.15, 0.2) is 0 Å². The number of nitrogens with zero attached hydrogens (tertiary/aromatic N) is 1. The van der Waals surface area contributed by atoms with Crippen LogP contribution in [0.25, 0.3) is 68.4 Å². The smallest absolute Gasteiger partial charge is 0.0491 e. The number of aromatic nitrogens is 1. The first kappa shape index (κ1) is 28.1. The molecule has 8 rings (SSSR count). The normalized spacial score (nSPS) is 14.1. The van der Waals surface area contributed by atoms with E-state index in [1.165, 1.54) is 77.4 Å². The van der Waals surface area contributed by atoms with Crippen LogP contribution in [-0.4, -0.2) is 4.57 Å². The van der Waals surface area contributed by atoms with Crippen molar-refractivity contribution in [3.05, 3.63) is 167 Å². The molecule has 1 aliphatic rings. The molecule has 0 radical (unpaired) electrons. The summed E-state index contributed by atoms with van der Waals surface area (Å²) in [5.74, 6) is 0.511. The predicted octanol–water partition coefficient (Wildman–Crippen LogP) is 12.3. The molecule has 0 saturated heterocycles. The minimum atomic E-state index is 0.511. The Morgan fingerprint density at radius 1 is 0.478 bits per heavy atom. The van der Waals surface area contributed by atoms with E-state index in [4.69, 9.17) is 0 Å². The largest absolute Gasteiger partial charge is 0.341 e. The van der Waals surface area contributed by atoms with Crippen LogP contribution in [-0.2, 0) is 6.54 Å². The summed E-state index contributed by atoms with van der Waals surface area (Å²) >= 11 is 0. The number of aryl methyl sites for hydroxylation is 1. The van der Waals surface area contributed by atoms with Crippen molar-refractivity contribution in [3.63, 3.8) is 0 Å². The summed E-state index contributed by atoms with van der Waals surface area (Å²) in [5.41, 5.74) is 15.6. The Kier molecular flexibility index (Phi) is 7.23. The van der Waals surface area contributed by atoms with Crippen LogP contribution in [0.1, 0.15) is 59.6 Å². The molecule has 1 heterocycles. The third kappa shape index (κ3) is 4.99. The van der Waals surface area contributed by atoms with Crippen molar-refractivity contribution < 1.29 is 0 Å². The van der Waals surface area contributed by atoms with Crippen molar-refractivity contribution in [2.75, 3.05) is 0 Å². The van der Waals surface area contributed by atoms with Gasteiger partial charge in [-0.05, 0) is 93.2 Å². The molecule has 222 valence electrons. The van der Waals surface area contributed by atoms with E-state index >= 15 is 0 Å². The summed E-state index contributed by atoms with van der Waals surface area (Å²) in [5, 5.41) is 2.64. The monoisotopic (exact) mass is 591 g/mol. The molecule has 1 nitrogen and oxygen atoms in total. The molecule has 0 N–H and O–H groups in total. The van der Waals surface area contributed by atoms with Gasteiger partial charge in [-0.2, -0.15) is 0 Å². The van der Waals surface area contributed by atoms with Crippen LogP contribution in [0.5, 0.6) is 0 Å². The Morgan fingerprint density at radius 2 is 1.02 bits per heavy atom. The zero-order valence-corrected chi connectivity index (χ0v) is 26.4. The number of hydrogen-bond acceptors (Lipinski definition) is 0. The first-order valence-corrected chi connectivity index (χ1v) is 16.5. The Hall–Kier alpha value is -5.40. The van der Waals surface area contributed by atoms with Crippen molar-refractivity contribution in [1.82, 2.24) is 4.57 Å². The fraction of sp³-hybridized carbons (Fsp3) is 0.111. The van der Waals surface area contributed by atoms with Crippen molar-refractivity contribution in [3.8, 4) is 22.3 Å². The highest BCUT2D eigenvalue weighted by Gasteiger charge is 2.26. The lowest BCUT2D eigenvalue weighted by atomic mass is 9.94. The van der Waals surface area contributed by atoms with E-state index < -0.39 is 0 Å². The first-order chi connectivity index (χ1) is 22.7. The summed E-state index contributed by atoms with van der Waals surface area (Å²) in [4.78, 5) is 0. The van der Waals surface area contributed by atoms with Crippen molar-refractivity contribution in [2.24, 2.45) is 0 Å². The molecule has 46 heavy (non-hydrogen) atoms. The first-order valence-electron chi connectivity index (χ1n) is 16.5. The van der Waals surface area contributed by atoms with Crippen molar-refractivity contribution in [1.29, 1.82) is 0 Å². The molecule has 7 aromatic rings. The minimum Gasteiger partial charge on any atom is -0.341 e. The zero-order chi connectivity index (χ0) is 31.0. The predicted molar refractivity (Wildman–Crippen MR) is 199 cm³/mol. The van der Waals surface area contributed by atoms with Gasteiger partial charge in [-0.3, -0.25) is 0 Å². The molecule has 1 aromatic heterocycles. The highest BCUT2D eigenvalue weighted by molar-refractivity contribution is 6.08. The standard InChI is InChI=1S/C45H37N/c1-3-37-38-9-5-6-10-39(38)42-29-33(21-27-40(37)42)15-13-31-17-23-35(24-18-31)36-25-19-32(20-26-36)14-16-34-22-28-45-43(30-34)41-11-7-8-12-44(41)46(45)4-2/h5-30,37H,3-4H2,1-2H3. The molecule has 0 fully saturated rings. The number of benzene rings is 6. The molecule has 0 saturated carbocycles. The minimum absolute atomic E-state index is 0.511. The maximum Gasteiger partial charge on any atom is 0.0491 e. The molecule has 0 bridgehead atoms. The van der Waals surface area contributed by atoms with E-state index in [0.29, 0.717) is 5.92 Å². The Balaban J connectivity index is 0.966. The zero-order valence-electron chi connectivity index (χ0n) is 26.4. The maximum absolute atomic E-state index is 2.40. The quantitative estimate of drug-likeness (QED) is 0.163. The van der Waals surface area contributed by atoms with Gasteiger partial charge < -0.3 is 4.57 Å². The second kappa shape index (κ2) is 11.8. The molecule has 0 spiro atoms. The Morgan fingerprint density at radius 3 is 1.72 bits per heavy atom. The van der Waals surface area contributed by atoms with Crippen LogP contribution in [0.4, 0.5) is 0 Å². The number of para-hydroxylation sites is 1. The summed E-state index contributed by atoms with van der Waals surface area (Å²) in [6.07, 6.45) is 10.0. The van der Waals surface area contributed by atoms with Crippen LogP contribution in [0.15, 0.2) is 133 Å². The number of rotatable bonds is 7. The summed E-state index contributed by atoms with van der Waals surface area (Å²) in [6, 6.07) is 49.0. The molecular formula is C45H37N. The molecule has 1 aliphatic carbocycles. The van der Waals surface area contributed by atoms with E-state index in [1.54, 1.807) is 0 Å². The SMILES string of the molecule is CCC1c2ccccc2-c2cc(C=Cc3ccc(-c4ccc(C=Cc5ccc6c(c5)c5ccccc5n6CC)cc4)cc3)ccc21. The van der Waals surface area contributed by atoms with Crippen LogP contribution in [0.2, 0.25) is 0 Å². The van der Waals surface area contributed by atoms with E-state index in [2.05, 4.69) is 176 Å². The van der Waals surface area contributed by atoms with E-state index in [0.717, 1.165) is 13.0 Å². The van der Waals surface area contributed by atoms with Crippen molar-refractivity contribution in [2.45, 2.75) is 32.7 Å². The van der Waals surface area contributed by atoms with Gasteiger partial charge >= 0.3 is 0 Å². The Labute approximate surface area is 271 Å². The van der Waals surface area contributed by atoms with Crippen molar-refractivity contribution >= 4 is 46.1 Å². The Bertz CT molecular complexity index is 2260. The average Bonchev–Trinajstić information content (AvgIpc) is 3.61. The molecule has 0 amide bonds. The van der Waals surface area contributed by atoms with Gasteiger partial charge in [0.2, 0.25) is 0 Å². The summed E-state index contributed by atoms with van der Waals surface area (Å²) in [6.45, 7) is 5.47. The van der Waals surface area contributed by atoms with E-state index in [-0.39, 0.29) is 0 Å². The fourth-order valence-corrected chi connectivity index (χ4v) is 7.34. The van der Waals surface area contributed by atoms with Gasteiger partial charge in [-0.15, -0.1) is 0 Å². The second-order valence-electron chi connectivity index (χ2n) is 12.3. The highest BCUT2D eigenvalue weighted by Crippen LogP contribution is 2.46. The van der Waals surface area contributed by atoms with Gasteiger partial charge in [0, 0.05) is 34.3 Å². The number of fused-ring (bicyclic) bond motifs is 6. The number of hydrogen-bond donors (Lipinski definition) is 0. The van der Waals surface area contributed by atoms with Gasteiger partial charge in [0.25, 0.3) is 0 Å².